The Hall–Kier alpha value is -2.35. The van der Waals surface area contributed by atoms with Crippen molar-refractivity contribution in [3.05, 3.63) is 71.3 Å². The Morgan fingerprint density at radius 3 is 2.42 bits per heavy atom. The first-order valence-corrected chi connectivity index (χ1v) is 6.31. The Balaban J connectivity index is 2.13. The molecule has 0 amide bonds. The highest BCUT2D eigenvalue weighted by atomic mass is 16.5. The second-order valence-electron chi connectivity index (χ2n) is 4.60. The summed E-state index contributed by atoms with van der Waals surface area (Å²) in [7, 11) is 0. The Kier molecular flexibility index (Phi) is 2.92. The van der Waals surface area contributed by atoms with Crippen molar-refractivity contribution in [1.29, 1.82) is 0 Å². The highest BCUT2D eigenvalue weighted by Gasteiger charge is 2.24. The van der Waals surface area contributed by atoms with E-state index in [0.717, 1.165) is 23.1 Å². The average molecular weight is 250 g/mol. The first-order valence-electron chi connectivity index (χ1n) is 6.31. The number of rotatable bonds is 2. The number of fused-ring (bicyclic) bond motifs is 1. The molecule has 0 aliphatic heterocycles. The molecule has 0 saturated heterocycles. The van der Waals surface area contributed by atoms with Gasteiger partial charge in [0.05, 0.1) is 0 Å². The van der Waals surface area contributed by atoms with Crippen LogP contribution in [0.3, 0.4) is 0 Å². The molecule has 0 radical (unpaired) electrons. The van der Waals surface area contributed by atoms with Crippen LogP contribution < -0.4 is 0 Å². The van der Waals surface area contributed by atoms with Crippen LogP contribution in [0.2, 0.25) is 0 Å². The van der Waals surface area contributed by atoms with Crippen LogP contribution in [0, 0.1) is 0 Å². The van der Waals surface area contributed by atoms with Crippen LogP contribution in [0.4, 0.5) is 0 Å². The molecule has 2 aromatic carbocycles. The maximum atomic E-state index is 11.3. The van der Waals surface area contributed by atoms with Crippen molar-refractivity contribution in [3.8, 4) is 0 Å². The highest BCUT2D eigenvalue weighted by molar-refractivity contribution is 5.97. The normalized spacial score (nSPS) is 13.3. The van der Waals surface area contributed by atoms with E-state index in [9.17, 15) is 4.79 Å². The molecule has 0 unspecified atom stereocenters. The number of hydrogen-bond donors (Lipinski definition) is 0. The SMILES string of the molecule is CC(=O)OC1=C(c2ccccc2)Cc2ccccc21. The second-order valence-corrected chi connectivity index (χ2v) is 4.60. The van der Waals surface area contributed by atoms with E-state index in [1.165, 1.54) is 12.5 Å². The largest absolute Gasteiger partial charge is 0.426 e. The van der Waals surface area contributed by atoms with Crippen molar-refractivity contribution < 1.29 is 9.53 Å². The Bertz CT molecular complexity index is 654. The highest BCUT2D eigenvalue weighted by Crippen LogP contribution is 2.38. The summed E-state index contributed by atoms with van der Waals surface area (Å²) in [6, 6.07) is 18.1. The van der Waals surface area contributed by atoms with E-state index in [4.69, 9.17) is 4.74 Å². The van der Waals surface area contributed by atoms with Crippen molar-refractivity contribution >= 4 is 17.3 Å². The van der Waals surface area contributed by atoms with Gasteiger partial charge in [0.1, 0.15) is 5.76 Å². The van der Waals surface area contributed by atoms with Gasteiger partial charge in [0.25, 0.3) is 0 Å². The van der Waals surface area contributed by atoms with Crippen molar-refractivity contribution in [2.75, 3.05) is 0 Å². The number of ether oxygens (including phenoxy) is 1. The van der Waals surface area contributed by atoms with E-state index in [2.05, 4.69) is 6.07 Å². The molecule has 19 heavy (non-hydrogen) atoms. The third-order valence-electron chi connectivity index (χ3n) is 3.27. The third-order valence-corrected chi connectivity index (χ3v) is 3.27. The molecule has 0 heterocycles. The molecule has 2 heteroatoms. The molecular weight excluding hydrogens is 236 g/mol. The number of carbonyl (C=O) groups excluding carboxylic acids is 1. The summed E-state index contributed by atoms with van der Waals surface area (Å²) >= 11 is 0. The fourth-order valence-electron chi connectivity index (χ4n) is 2.46. The Morgan fingerprint density at radius 1 is 1.00 bits per heavy atom. The molecule has 3 rings (SSSR count). The van der Waals surface area contributed by atoms with E-state index in [1.54, 1.807) is 0 Å². The average Bonchev–Trinajstić information content (AvgIpc) is 2.78. The summed E-state index contributed by atoms with van der Waals surface area (Å²) < 4.78 is 5.45. The van der Waals surface area contributed by atoms with Gasteiger partial charge >= 0.3 is 5.97 Å². The van der Waals surface area contributed by atoms with E-state index < -0.39 is 0 Å². The van der Waals surface area contributed by atoms with Crippen LogP contribution in [0.1, 0.15) is 23.6 Å². The van der Waals surface area contributed by atoms with Crippen molar-refractivity contribution in [2.24, 2.45) is 0 Å². The molecule has 2 aromatic rings. The van der Waals surface area contributed by atoms with Crippen molar-refractivity contribution in [2.45, 2.75) is 13.3 Å². The molecule has 2 nitrogen and oxygen atoms in total. The molecule has 0 fully saturated rings. The molecule has 0 N–H and O–H groups in total. The summed E-state index contributed by atoms with van der Waals surface area (Å²) in [5.74, 6) is 0.425. The maximum Gasteiger partial charge on any atom is 0.308 e. The van der Waals surface area contributed by atoms with Crippen LogP contribution in [-0.4, -0.2) is 5.97 Å². The number of esters is 1. The lowest BCUT2D eigenvalue weighted by Crippen LogP contribution is -1.98. The van der Waals surface area contributed by atoms with Gasteiger partial charge in [-0.3, -0.25) is 4.79 Å². The molecule has 0 saturated carbocycles. The van der Waals surface area contributed by atoms with Crippen LogP contribution in [0.15, 0.2) is 54.6 Å². The van der Waals surface area contributed by atoms with Gasteiger partial charge in [-0.1, -0.05) is 54.6 Å². The lowest BCUT2D eigenvalue weighted by Gasteiger charge is -2.08. The van der Waals surface area contributed by atoms with E-state index in [-0.39, 0.29) is 5.97 Å². The summed E-state index contributed by atoms with van der Waals surface area (Å²) in [6.07, 6.45) is 0.808. The van der Waals surface area contributed by atoms with Crippen LogP contribution in [-0.2, 0) is 16.0 Å². The smallest absolute Gasteiger partial charge is 0.308 e. The van der Waals surface area contributed by atoms with Crippen LogP contribution >= 0.6 is 0 Å². The first kappa shape index (κ1) is 11.7. The quantitative estimate of drug-likeness (QED) is 0.760. The zero-order valence-corrected chi connectivity index (χ0v) is 10.7. The molecule has 1 aliphatic rings. The van der Waals surface area contributed by atoms with Crippen molar-refractivity contribution in [3.63, 3.8) is 0 Å². The monoisotopic (exact) mass is 250 g/mol. The molecule has 0 atom stereocenters. The number of benzene rings is 2. The van der Waals surface area contributed by atoms with Gasteiger partial charge in [-0.2, -0.15) is 0 Å². The van der Waals surface area contributed by atoms with Crippen molar-refractivity contribution in [1.82, 2.24) is 0 Å². The van der Waals surface area contributed by atoms with Gasteiger partial charge in [-0.05, 0) is 11.1 Å². The van der Waals surface area contributed by atoms with Crippen LogP contribution in [0.5, 0.6) is 0 Å². The predicted molar refractivity (Wildman–Crippen MR) is 75.2 cm³/mol. The van der Waals surface area contributed by atoms with E-state index in [0.29, 0.717) is 5.76 Å². The standard InChI is InChI=1S/C17H14O2/c1-12(18)19-17-15-10-6-5-9-14(15)11-16(17)13-7-3-2-4-8-13/h2-10H,11H2,1H3. The van der Waals surface area contributed by atoms with Gasteiger partial charge in [0.15, 0.2) is 0 Å². The topological polar surface area (TPSA) is 26.3 Å². The minimum atomic E-state index is -0.278. The number of hydrogen-bond acceptors (Lipinski definition) is 2. The molecule has 1 aliphatic carbocycles. The lowest BCUT2D eigenvalue weighted by molar-refractivity contribution is -0.134. The fraction of sp³-hybridized carbons (Fsp3) is 0.118. The zero-order valence-electron chi connectivity index (χ0n) is 10.7. The van der Waals surface area contributed by atoms with E-state index >= 15 is 0 Å². The third kappa shape index (κ3) is 2.17. The minimum absolute atomic E-state index is 0.278. The zero-order chi connectivity index (χ0) is 13.2. The Labute approximate surface area is 112 Å². The molecule has 94 valence electrons. The Morgan fingerprint density at radius 2 is 1.68 bits per heavy atom. The van der Waals surface area contributed by atoms with Gasteiger partial charge in [-0.15, -0.1) is 0 Å². The second kappa shape index (κ2) is 4.73. The van der Waals surface area contributed by atoms with Gasteiger partial charge in [0.2, 0.25) is 0 Å². The van der Waals surface area contributed by atoms with Gasteiger partial charge in [-0.25, -0.2) is 0 Å². The maximum absolute atomic E-state index is 11.3. The molecular formula is C17H14O2. The number of allylic oxidation sites excluding steroid dienone is 1. The lowest BCUT2D eigenvalue weighted by atomic mass is 10.0. The summed E-state index contributed by atoms with van der Waals surface area (Å²) in [4.78, 5) is 11.3. The minimum Gasteiger partial charge on any atom is -0.426 e. The molecule has 0 aromatic heterocycles. The summed E-state index contributed by atoms with van der Waals surface area (Å²) in [5, 5.41) is 0. The first-order chi connectivity index (χ1) is 9.25. The summed E-state index contributed by atoms with van der Waals surface area (Å²) in [5.41, 5.74) is 4.42. The van der Waals surface area contributed by atoms with E-state index in [1.807, 2.05) is 48.5 Å². The predicted octanol–water partition coefficient (Wildman–Crippen LogP) is 3.67. The van der Waals surface area contributed by atoms with Gasteiger partial charge < -0.3 is 4.74 Å². The number of carbonyl (C=O) groups is 1. The summed E-state index contributed by atoms with van der Waals surface area (Å²) in [6.45, 7) is 1.44. The molecule has 0 spiro atoms. The van der Waals surface area contributed by atoms with Crippen LogP contribution in [0.25, 0.3) is 11.3 Å². The van der Waals surface area contributed by atoms with Gasteiger partial charge in [0, 0.05) is 24.5 Å². The fourth-order valence-corrected chi connectivity index (χ4v) is 2.46. The molecule has 0 bridgehead atoms.